The molecule has 0 bridgehead atoms. The van der Waals surface area contributed by atoms with Crippen LogP contribution in [-0.2, 0) is 0 Å². The summed E-state index contributed by atoms with van der Waals surface area (Å²) in [7, 11) is 3.11. The molecular formula is C27H38O4S. The molecule has 0 radical (unpaired) electrons. The van der Waals surface area contributed by atoms with Crippen LogP contribution in [0.25, 0.3) is 0 Å². The number of ketones is 2. The van der Waals surface area contributed by atoms with E-state index in [0.717, 1.165) is 17.7 Å². The smallest absolute Gasteiger partial charge is 0.190 e. The van der Waals surface area contributed by atoms with Gasteiger partial charge in [0.05, 0.1) is 25.3 Å². The van der Waals surface area contributed by atoms with Crippen molar-refractivity contribution in [3.05, 3.63) is 46.6 Å². The van der Waals surface area contributed by atoms with Crippen LogP contribution in [0.1, 0.15) is 104 Å². The topological polar surface area (TPSA) is 52.6 Å². The number of unbranched alkanes of at least 4 members (excludes halogenated alkanes) is 6. The van der Waals surface area contributed by atoms with Crippen molar-refractivity contribution in [2.45, 2.75) is 77.4 Å². The van der Waals surface area contributed by atoms with E-state index in [1.807, 2.05) is 17.8 Å². The van der Waals surface area contributed by atoms with Crippen molar-refractivity contribution in [3.8, 4) is 11.5 Å². The van der Waals surface area contributed by atoms with E-state index in [0.29, 0.717) is 22.6 Å². The normalized spacial score (nSPS) is 13.7. The SMILES string of the molecule is CCCCCCCCCSC(CC=C(C)C)c1cc(OC)c2c(c1OC)C(=O)C=CC2=O. The summed E-state index contributed by atoms with van der Waals surface area (Å²) < 4.78 is 11.3. The van der Waals surface area contributed by atoms with Crippen LogP contribution in [0.3, 0.4) is 0 Å². The van der Waals surface area contributed by atoms with Gasteiger partial charge in [0.15, 0.2) is 11.6 Å². The minimum absolute atomic E-state index is 0.118. The van der Waals surface area contributed by atoms with Crippen molar-refractivity contribution < 1.29 is 19.1 Å². The number of allylic oxidation sites excluding steroid dienone is 4. The second-order valence-electron chi connectivity index (χ2n) is 8.51. The van der Waals surface area contributed by atoms with E-state index in [1.54, 1.807) is 14.2 Å². The van der Waals surface area contributed by atoms with Gasteiger partial charge in [0.2, 0.25) is 0 Å². The monoisotopic (exact) mass is 458 g/mol. The lowest BCUT2D eigenvalue weighted by atomic mass is 9.89. The Balaban J connectivity index is 2.27. The standard InChI is InChI=1S/C27H38O4S/c1-6-7-8-9-10-11-12-17-32-24(16-13-19(2)3)20-18-23(30-4)25-21(28)14-15-22(29)26(25)27(20)31-5/h13-15,18,24H,6-12,16-17H2,1-5H3. The van der Waals surface area contributed by atoms with Crippen molar-refractivity contribution in [1.82, 2.24) is 0 Å². The first-order valence-electron chi connectivity index (χ1n) is 11.7. The highest BCUT2D eigenvalue weighted by Crippen LogP contribution is 2.45. The number of rotatable bonds is 14. The van der Waals surface area contributed by atoms with Gasteiger partial charge in [0.25, 0.3) is 0 Å². The minimum Gasteiger partial charge on any atom is -0.496 e. The van der Waals surface area contributed by atoms with Crippen molar-refractivity contribution in [2.24, 2.45) is 0 Å². The molecule has 1 unspecified atom stereocenters. The predicted molar refractivity (Wildman–Crippen MR) is 135 cm³/mol. The zero-order chi connectivity index (χ0) is 23.5. The van der Waals surface area contributed by atoms with E-state index in [-0.39, 0.29) is 16.8 Å². The number of carbonyl (C=O) groups is 2. The Morgan fingerprint density at radius 1 is 0.938 bits per heavy atom. The maximum atomic E-state index is 12.7. The van der Waals surface area contributed by atoms with Crippen LogP contribution in [0.4, 0.5) is 0 Å². The van der Waals surface area contributed by atoms with Gasteiger partial charge in [-0.25, -0.2) is 0 Å². The van der Waals surface area contributed by atoms with E-state index in [9.17, 15) is 9.59 Å². The zero-order valence-electron chi connectivity index (χ0n) is 20.3. The average Bonchev–Trinajstić information content (AvgIpc) is 2.78. The summed E-state index contributed by atoms with van der Waals surface area (Å²) >= 11 is 1.89. The van der Waals surface area contributed by atoms with Crippen molar-refractivity contribution in [2.75, 3.05) is 20.0 Å². The number of methoxy groups -OCH3 is 2. The molecule has 0 aliphatic heterocycles. The first-order chi connectivity index (χ1) is 15.4. The van der Waals surface area contributed by atoms with Crippen LogP contribution in [-0.4, -0.2) is 31.5 Å². The van der Waals surface area contributed by atoms with E-state index >= 15 is 0 Å². The Labute approximate surface area is 197 Å². The van der Waals surface area contributed by atoms with Crippen LogP contribution < -0.4 is 9.47 Å². The molecule has 5 heteroatoms. The summed E-state index contributed by atoms with van der Waals surface area (Å²) in [6.45, 7) is 6.43. The van der Waals surface area contributed by atoms with Gasteiger partial charge < -0.3 is 9.47 Å². The van der Waals surface area contributed by atoms with Crippen LogP contribution in [0, 0.1) is 0 Å². The molecule has 0 spiro atoms. The fourth-order valence-electron chi connectivity index (χ4n) is 3.99. The quantitative estimate of drug-likeness (QED) is 0.213. The molecule has 1 aromatic rings. The lowest BCUT2D eigenvalue weighted by Gasteiger charge is -2.24. The van der Waals surface area contributed by atoms with Gasteiger partial charge in [-0.2, -0.15) is 11.8 Å². The van der Waals surface area contributed by atoms with Crippen LogP contribution in [0.2, 0.25) is 0 Å². The highest BCUT2D eigenvalue weighted by atomic mass is 32.2. The van der Waals surface area contributed by atoms with Gasteiger partial charge in [-0.05, 0) is 50.7 Å². The highest BCUT2D eigenvalue weighted by Gasteiger charge is 2.31. The number of hydrogen-bond acceptors (Lipinski definition) is 5. The van der Waals surface area contributed by atoms with Gasteiger partial charge >= 0.3 is 0 Å². The van der Waals surface area contributed by atoms with Crippen LogP contribution >= 0.6 is 11.8 Å². The first-order valence-corrected chi connectivity index (χ1v) is 12.8. The average molecular weight is 459 g/mol. The lowest BCUT2D eigenvalue weighted by Crippen LogP contribution is -2.16. The Kier molecular flexibility index (Phi) is 11.1. The number of carbonyl (C=O) groups excluding carboxylic acids is 2. The van der Waals surface area contributed by atoms with Crippen LogP contribution in [0.15, 0.2) is 29.9 Å². The number of ether oxygens (including phenoxy) is 2. The third kappa shape index (κ3) is 6.99. The van der Waals surface area contributed by atoms with Crippen molar-refractivity contribution >= 4 is 23.3 Å². The largest absolute Gasteiger partial charge is 0.496 e. The van der Waals surface area contributed by atoms with E-state index < -0.39 is 0 Å². The molecule has 0 N–H and O–H groups in total. The summed E-state index contributed by atoms with van der Waals surface area (Å²) in [6, 6.07) is 1.89. The highest BCUT2D eigenvalue weighted by molar-refractivity contribution is 7.99. The number of benzene rings is 1. The summed E-state index contributed by atoms with van der Waals surface area (Å²) in [6.07, 6.45) is 14.7. The summed E-state index contributed by atoms with van der Waals surface area (Å²) in [4.78, 5) is 25.3. The molecule has 0 saturated heterocycles. The second-order valence-corrected chi connectivity index (χ2v) is 9.82. The molecule has 0 aromatic heterocycles. The molecular weight excluding hydrogens is 420 g/mol. The molecule has 32 heavy (non-hydrogen) atoms. The number of thioether (sulfide) groups is 1. The van der Waals surface area contributed by atoms with Gasteiger partial charge in [-0.1, -0.05) is 57.1 Å². The molecule has 0 fully saturated rings. The Bertz CT molecular complexity index is 850. The van der Waals surface area contributed by atoms with E-state index in [2.05, 4.69) is 26.8 Å². The van der Waals surface area contributed by atoms with Gasteiger partial charge in [-0.15, -0.1) is 0 Å². The molecule has 1 aliphatic rings. The molecule has 2 rings (SSSR count). The maximum absolute atomic E-state index is 12.7. The molecule has 0 saturated carbocycles. The third-order valence-electron chi connectivity index (χ3n) is 5.73. The molecule has 1 aliphatic carbocycles. The van der Waals surface area contributed by atoms with Gasteiger partial charge in [0.1, 0.15) is 11.5 Å². The first kappa shape index (κ1) is 26.2. The molecule has 176 valence electrons. The Morgan fingerprint density at radius 3 is 2.16 bits per heavy atom. The van der Waals surface area contributed by atoms with Crippen molar-refractivity contribution in [1.29, 1.82) is 0 Å². The number of hydrogen-bond donors (Lipinski definition) is 0. The molecule has 1 atom stereocenters. The molecule has 0 amide bonds. The lowest BCUT2D eigenvalue weighted by molar-refractivity contribution is 0.0988. The summed E-state index contributed by atoms with van der Waals surface area (Å²) in [5.41, 5.74) is 2.81. The Hall–Kier alpha value is -2.01. The summed E-state index contributed by atoms with van der Waals surface area (Å²) in [5, 5.41) is 0.118. The predicted octanol–water partition coefficient (Wildman–Crippen LogP) is 7.52. The Morgan fingerprint density at radius 2 is 1.56 bits per heavy atom. The van der Waals surface area contributed by atoms with Gasteiger partial charge in [-0.3, -0.25) is 9.59 Å². The second kappa shape index (κ2) is 13.5. The molecule has 1 aromatic carbocycles. The zero-order valence-corrected chi connectivity index (χ0v) is 21.1. The fraction of sp³-hybridized carbons (Fsp3) is 0.556. The molecule has 4 nitrogen and oxygen atoms in total. The third-order valence-corrected chi connectivity index (χ3v) is 7.10. The van der Waals surface area contributed by atoms with Gasteiger partial charge in [0, 0.05) is 10.8 Å². The van der Waals surface area contributed by atoms with E-state index in [1.165, 1.54) is 62.7 Å². The fourth-order valence-corrected chi connectivity index (χ4v) is 5.23. The van der Waals surface area contributed by atoms with E-state index in [4.69, 9.17) is 9.47 Å². The molecule has 0 heterocycles. The summed E-state index contributed by atoms with van der Waals surface area (Å²) in [5.74, 6) is 1.55. The van der Waals surface area contributed by atoms with Crippen molar-refractivity contribution in [3.63, 3.8) is 0 Å². The van der Waals surface area contributed by atoms with Crippen LogP contribution in [0.5, 0.6) is 11.5 Å². The maximum Gasteiger partial charge on any atom is 0.190 e. The number of fused-ring (bicyclic) bond motifs is 1. The minimum atomic E-state index is -0.224.